The van der Waals surface area contributed by atoms with Crippen LogP contribution in [0.15, 0.2) is 0 Å². The average Bonchev–Trinajstić information content (AvgIpc) is 2.27. The number of nitrogens with two attached hydrogens (primary N) is 1. The third-order valence-corrected chi connectivity index (χ3v) is 4.23. The van der Waals surface area contributed by atoms with Gasteiger partial charge < -0.3 is 11.1 Å². The summed E-state index contributed by atoms with van der Waals surface area (Å²) in [7, 11) is 0. The van der Waals surface area contributed by atoms with Gasteiger partial charge in [0.2, 0.25) is 5.91 Å². The van der Waals surface area contributed by atoms with E-state index in [4.69, 9.17) is 5.73 Å². The molecule has 1 atom stereocenters. The number of hydrogen-bond acceptors (Lipinski definition) is 3. The fourth-order valence-electron chi connectivity index (χ4n) is 2.02. The van der Waals surface area contributed by atoms with Crippen molar-refractivity contribution < 1.29 is 4.79 Å². The Morgan fingerprint density at radius 3 is 2.69 bits per heavy atom. The lowest BCUT2D eigenvalue weighted by molar-refractivity contribution is -0.126. The van der Waals surface area contributed by atoms with Crippen LogP contribution in [0.4, 0.5) is 0 Å². The second-order valence-electron chi connectivity index (χ2n) is 4.93. The zero-order chi connectivity index (χ0) is 12.0. The number of rotatable bonds is 5. The Hall–Kier alpha value is -0.220. The number of amides is 1. The zero-order valence-corrected chi connectivity index (χ0v) is 11.2. The molecule has 1 fully saturated rings. The van der Waals surface area contributed by atoms with E-state index in [0.29, 0.717) is 5.92 Å². The van der Waals surface area contributed by atoms with Crippen molar-refractivity contribution in [2.45, 2.75) is 45.1 Å². The van der Waals surface area contributed by atoms with E-state index in [9.17, 15) is 4.79 Å². The van der Waals surface area contributed by atoms with Crippen LogP contribution < -0.4 is 11.1 Å². The van der Waals surface area contributed by atoms with Gasteiger partial charge in [-0.05, 0) is 43.6 Å². The smallest absolute Gasteiger partial charge is 0.239 e. The van der Waals surface area contributed by atoms with Crippen LogP contribution >= 0.6 is 11.8 Å². The molecular formula is C12H24N2OS. The van der Waals surface area contributed by atoms with Crippen molar-refractivity contribution in [2.24, 2.45) is 11.7 Å². The van der Waals surface area contributed by atoms with Gasteiger partial charge in [0.15, 0.2) is 0 Å². The zero-order valence-electron chi connectivity index (χ0n) is 10.4. The predicted molar refractivity (Wildman–Crippen MR) is 70.6 cm³/mol. The molecule has 16 heavy (non-hydrogen) atoms. The molecule has 1 aliphatic rings. The molecule has 3 N–H and O–H groups in total. The third kappa shape index (κ3) is 4.34. The lowest BCUT2D eigenvalue weighted by Gasteiger charge is -2.26. The molecule has 1 aliphatic heterocycles. The summed E-state index contributed by atoms with van der Waals surface area (Å²) in [5.41, 5.74) is 5.27. The molecule has 1 saturated heterocycles. The number of hydrogen-bond donors (Lipinski definition) is 2. The normalized spacial score (nSPS) is 21.4. The molecule has 0 bridgehead atoms. The van der Waals surface area contributed by atoms with Gasteiger partial charge in [-0.2, -0.15) is 11.8 Å². The molecule has 0 spiro atoms. The quantitative estimate of drug-likeness (QED) is 0.775. The monoisotopic (exact) mass is 244 g/mol. The molecule has 1 heterocycles. The first kappa shape index (κ1) is 13.8. The highest BCUT2D eigenvalue weighted by Crippen LogP contribution is 2.22. The Morgan fingerprint density at radius 1 is 1.50 bits per heavy atom. The van der Waals surface area contributed by atoms with Crippen LogP contribution in [0.3, 0.4) is 0 Å². The molecule has 4 heteroatoms. The van der Waals surface area contributed by atoms with Crippen molar-refractivity contribution in [3.05, 3.63) is 0 Å². The molecule has 0 aromatic heterocycles. The SMILES string of the molecule is CCCC(C)(N)C(=O)NCC1CCSCC1. The van der Waals surface area contributed by atoms with Gasteiger partial charge in [-0.3, -0.25) is 4.79 Å². The van der Waals surface area contributed by atoms with Crippen LogP contribution in [0.1, 0.15) is 39.5 Å². The summed E-state index contributed by atoms with van der Waals surface area (Å²) in [4.78, 5) is 11.9. The lowest BCUT2D eigenvalue weighted by Crippen LogP contribution is -2.52. The van der Waals surface area contributed by atoms with Crippen molar-refractivity contribution in [3.8, 4) is 0 Å². The molecule has 1 rings (SSSR count). The van der Waals surface area contributed by atoms with E-state index in [1.807, 2.05) is 18.7 Å². The fraction of sp³-hybridized carbons (Fsp3) is 0.917. The van der Waals surface area contributed by atoms with Crippen LogP contribution in [0.25, 0.3) is 0 Å². The van der Waals surface area contributed by atoms with Crippen molar-refractivity contribution in [3.63, 3.8) is 0 Å². The molecule has 1 amide bonds. The standard InChI is InChI=1S/C12H24N2OS/c1-3-6-12(2,13)11(15)14-9-10-4-7-16-8-5-10/h10H,3-9,13H2,1-2H3,(H,14,15). The summed E-state index contributed by atoms with van der Waals surface area (Å²) in [6, 6.07) is 0. The van der Waals surface area contributed by atoms with Crippen molar-refractivity contribution in [2.75, 3.05) is 18.1 Å². The number of thioether (sulfide) groups is 1. The molecule has 94 valence electrons. The van der Waals surface area contributed by atoms with Crippen LogP contribution in [0.2, 0.25) is 0 Å². The summed E-state index contributed by atoms with van der Waals surface area (Å²) in [6.07, 6.45) is 4.14. The van der Waals surface area contributed by atoms with Gasteiger partial charge in [-0.1, -0.05) is 13.3 Å². The molecule has 0 radical (unpaired) electrons. The Morgan fingerprint density at radius 2 is 2.12 bits per heavy atom. The summed E-state index contributed by atoms with van der Waals surface area (Å²) >= 11 is 2.01. The summed E-state index contributed by atoms with van der Waals surface area (Å²) in [6.45, 7) is 4.68. The van der Waals surface area contributed by atoms with Gasteiger partial charge in [0, 0.05) is 6.54 Å². The van der Waals surface area contributed by atoms with Gasteiger partial charge >= 0.3 is 0 Å². The lowest BCUT2D eigenvalue weighted by atomic mass is 9.95. The van der Waals surface area contributed by atoms with E-state index in [1.165, 1.54) is 24.3 Å². The first-order valence-electron chi connectivity index (χ1n) is 6.21. The maximum Gasteiger partial charge on any atom is 0.239 e. The topological polar surface area (TPSA) is 55.1 Å². The summed E-state index contributed by atoms with van der Waals surface area (Å²) < 4.78 is 0. The second-order valence-corrected chi connectivity index (χ2v) is 6.16. The molecule has 3 nitrogen and oxygen atoms in total. The largest absolute Gasteiger partial charge is 0.354 e. The van der Waals surface area contributed by atoms with Crippen molar-refractivity contribution >= 4 is 17.7 Å². The fourth-order valence-corrected chi connectivity index (χ4v) is 3.23. The minimum absolute atomic E-state index is 0.00702. The molecule has 0 aromatic carbocycles. The molecule has 1 unspecified atom stereocenters. The first-order chi connectivity index (χ1) is 7.56. The van der Waals surface area contributed by atoms with Crippen LogP contribution in [0.5, 0.6) is 0 Å². The van der Waals surface area contributed by atoms with Crippen molar-refractivity contribution in [1.29, 1.82) is 0 Å². The van der Waals surface area contributed by atoms with Crippen LogP contribution in [-0.2, 0) is 4.79 Å². The van der Waals surface area contributed by atoms with Gasteiger partial charge in [0.25, 0.3) is 0 Å². The second kappa shape index (κ2) is 6.50. The Kier molecular flexibility index (Phi) is 5.62. The summed E-state index contributed by atoms with van der Waals surface area (Å²) in [5, 5.41) is 3.00. The number of nitrogens with one attached hydrogen (secondary N) is 1. The maximum atomic E-state index is 11.9. The molecule has 0 aliphatic carbocycles. The average molecular weight is 244 g/mol. The number of carbonyl (C=O) groups excluding carboxylic acids is 1. The Bertz CT molecular complexity index is 225. The van der Waals surface area contributed by atoms with E-state index in [0.717, 1.165) is 19.4 Å². The van der Waals surface area contributed by atoms with Gasteiger partial charge in [0.1, 0.15) is 0 Å². The van der Waals surface area contributed by atoms with E-state index in [-0.39, 0.29) is 5.91 Å². The summed E-state index contributed by atoms with van der Waals surface area (Å²) in [5.74, 6) is 3.13. The molecule has 0 saturated carbocycles. The Labute approximate surface area is 103 Å². The van der Waals surface area contributed by atoms with Gasteiger partial charge in [-0.15, -0.1) is 0 Å². The van der Waals surface area contributed by atoms with E-state index >= 15 is 0 Å². The highest BCUT2D eigenvalue weighted by molar-refractivity contribution is 7.99. The highest BCUT2D eigenvalue weighted by atomic mass is 32.2. The Balaban J connectivity index is 2.28. The van der Waals surface area contributed by atoms with Crippen LogP contribution in [-0.4, -0.2) is 29.5 Å². The third-order valence-electron chi connectivity index (χ3n) is 3.18. The van der Waals surface area contributed by atoms with E-state index in [2.05, 4.69) is 12.2 Å². The molecular weight excluding hydrogens is 220 g/mol. The minimum atomic E-state index is -0.696. The minimum Gasteiger partial charge on any atom is -0.354 e. The first-order valence-corrected chi connectivity index (χ1v) is 7.36. The van der Waals surface area contributed by atoms with E-state index < -0.39 is 5.54 Å². The highest BCUT2D eigenvalue weighted by Gasteiger charge is 2.27. The van der Waals surface area contributed by atoms with Gasteiger partial charge in [0.05, 0.1) is 5.54 Å². The number of carbonyl (C=O) groups is 1. The van der Waals surface area contributed by atoms with Crippen molar-refractivity contribution in [1.82, 2.24) is 5.32 Å². The van der Waals surface area contributed by atoms with E-state index in [1.54, 1.807) is 0 Å². The molecule has 0 aromatic rings. The predicted octanol–water partition coefficient (Wildman–Crippen LogP) is 1.76. The maximum absolute atomic E-state index is 11.9. The van der Waals surface area contributed by atoms with Gasteiger partial charge in [-0.25, -0.2) is 0 Å². The van der Waals surface area contributed by atoms with Crippen LogP contribution in [0, 0.1) is 5.92 Å².